The molecular weight excluding hydrogens is 334 g/mol. The highest BCUT2D eigenvalue weighted by Crippen LogP contribution is 2.36. The van der Waals surface area contributed by atoms with Crippen LogP contribution in [-0.2, 0) is 14.3 Å². The molecule has 7 heteroatoms. The van der Waals surface area contributed by atoms with Crippen LogP contribution in [0.3, 0.4) is 0 Å². The molecule has 0 aromatic heterocycles. The first-order valence-corrected chi connectivity index (χ1v) is 9.25. The van der Waals surface area contributed by atoms with E-state index >= 15 is 0 Å². The molecule has 0 bridgehead atoms. The third kappa shape index (κ3) is 3.99. The monoisotopic (exact) mass is 361 g/mol. The number of fused-ring (bicyclic) bond motifs is 1. The maximum atomic E-state index is 12.6. The second kappa shape index (κ2) is 8.05. The summed E-state index contributed by atoms with van der Waals surface area (Å²) in [6.07, 6.45) is 2.20. The lowest BCUT2D eigenvalue weighted by molar-refractivity contribution is -0.128. The maximum absolute atomic E-state index is 12.6. The molecule has 1 aromatic rings. The normalized spacial score (nSPS) is 23.3. The third-order valence-electron chi connectivity index (χ3n) is 4.91. The van der Waals surface area contributed by atoms with Gasteiger partial charge in [-0.15, -0.1) is 0 Å². The lowest BCUT2D eigenvalue weighted by Gasteiger charge is -2.33. The number of amides is 2. The van der Waals surface area contributed by atoms with E-state index in [2.05, 4.69) is 5.32 Å². The van der Waals surface area contributed by atoms with Crippen molar-refractivity contribution in [3.63, 3.8) is 0 Å². The van der Waals surface area contributed by atoms with Crippen LogP contribution in [0.4, 0.5) is 5.69 Å². The average molecular weight is 361 g/mol. The van der Waals surface area contributed by atoms with Crippen molar-refractivity contribution in [2.75, 3.05) is 24.6 Å². The molecule has 1 aromatic carbocycles. The predicted octanol–water partition coefficient (Wildman–Crippen LogP) is 1.51. The number of carbonyl (C=O) groups is 2. The van der Waals surface area contributed by atoms with Crippen molar-refractivity contribution in [3.8, 4) is 5.75 Å². The van der Waals surface area contributed by atoms with E-state index in [4.69, 9.17) is 15.2 Å². The van der Waals surface area contributed by atoms with Crippen molar-refractivity contribution in [3.05, 3.63) is 23.8 Å². The summed E-state index contributed by atoms with van der Waals surface area (Å²) in [5, 5.41) is 2.86. The van der Waals surface area contributed by atoms with E-state index in [9.17, 15) is 9.59 Å². The molecule has 2 aliphatic rings. The zero-order chi connectivity index (χ0) is 18.7. The fraction of sp³-hybridized carbons (Fsp3) is 0.579. The van der Waals surface area contributed by atoms with Crippen LogP contribution < -0.4 is 20.7 Å². The van der Waals surface area contributed by atoms with Crippen molar-refractivity contribution in [1.29, 1.82) is 0 Å². The number of benzene rings is 1. The number of nitrogens with zero attached hydrogens (tertiary/aromatic N) is 1. The van der Waals surface area contributed by atoms with Crippen LogP contribution in [-0.4, -0.2) is 43.7 Å². The lowest BCUT2D eigenvalue weighted by Crippen LogP contribution is -2.49. The summed E-state index contributed by atoms with van der Waals surface area (Å²) in [7, 11) is 0. The van der Waals surface area contributed by atoms with Crippen LogP contribution in [0.5, 0.6) is 5.75 Å². The minimum atomic E-state index is -0.626. The zero-order valence-corrected chi connectivity index (χ0v) is 15.4. The summed E-state index contributed by atoms with van der Waals surface area (Å²) < 4.78 is 11.2. The maximum Gasteiger partial charge on any atom is 0.268 e. The van der Waals surface area contributed by atoms with E-state index in [-0.39, 0.29) is 30.5 Å². The van der Waals surface area contributed by atoms with Gasteiger partial charge in [-0.25, -0.2) is 0 Å². The highest BCUT2D eigenvalue weighted by molar-refractivity contribution is 6.03. The minimum absolute atomic E-state index is 0.0446. The Morgan fingerprint density at radius 3 is 2.96 bits per heavy atom. The molecule has 2 aliphatic heterocycles. The molecule has 1 saturated heterocycles. The van der Waals surface area contributed by atoms with Crippen LogP contribution in [0.15, 0.2) is 18.2 Å². The van der Waals surface area contributed by atoms with Crippen LogP contribution in [0.1, 0.15) is 44.7 Å². The average Bonchev–Trinajstić information content (AvgIpc) is 3.16. The van der Waals surface area contributed by atoms with Gasteiger partial charge in [-0.2, -0.15) is 0 Å². The van der Waals surface area contributed by atoms with Crippen LogP contribution in [0.2, 0.25) is 0 Å². The van der Waals surface area contributed by atoms with Crippen LogP contribution in [0, 0.1) is 0 Å². The summed E-state index contributed by atoms with van der Waals surface area (Å²) >= 11 is 0. The Bertz CT molecular complexity index is 673. The Morgan fingerprint density at radius 1 is 1.46 bits per heavy atom. The zero-order valence-electron chi connectivity index (χ0n) is 15.4. The van der Waals surface area contributed by atoms with E-state index in [1.807, 2.05) is 25.1 Å². The fourth-order valence-electron chi connectivity index (χ4n) is 3.29. The van der Waals surface area contributed by atoms with Gasteiger partial charge in [0, 0.05) is 19.2 Å². The van der Waals surface area contributed by atoms with Crippen molar-refractivity contribution < 1.29 is 19.1 Å². The van der Waals surface area contributed by atoms with Gasteiger partial charge >= 0.3 is 0 Å². The molecule has 0 radical (unpaired) electrons. The molecule has 1 fully saturated rings. The van der Waals surface area contributed by atoms with E-state index in [0.717, 1.165) is 31.4 Å². The number of hydrogen-bond donors (Lipinski definition) is 2. The Hall–Kier alpha value is -2.12. The van der Waals surface area contributed by atoms with Gasteiger partial charge in [-0.3, -0.25) is 14.5 Å². The molecule has 2 heterocycles. The quantitative estimate of drug-likeness (QED) is 0.801. The summed E-state index contributed by atoms with van der Waals surface area (Å²) in [4.78, 5) is 26.5. The second-order valence-corrected chi connectivity index (χ2v) is 6.87. The number of anilines is 1. The smallest absolute Gasteiger partial charge is 0.268 e. The lowest BCUT2D eigenvalue weighted by atomic mass is 10.0. The van der Waals surface area contributed by atoms with Gasteiger partial charge in [0.25, 0.3) is 5.91 Å². The topological polar surface area (TPSA) is 93.9 Å². The molecule has 0 aliphatic carbocycles. The van der Waals surface area contributed by atoms with Crippen LogP contribution in [0.25, 0.3) is 0 Å². The van der Waals surface area contributed by atoms with E-state index < -0.39 is 6.10 Å². The van der Waals surface area contributed by atoms with Crippen LogP contribution >= 0.6 is 0 Å². The molecule has 3 rings (SSSR count). The number of ether oxygens (including phenoxy) is 2. The number of nitrogens with two attached hydrogens (primary N) is 1. The standard InChI is InChI=1S/C19H27N3O4/c1-3-15(20)13-6-7-17-16(9-13)22(19(24)12(2)26-17)11-18(23)21-10-14-5-4-8-25-14/h6-7,9,12,14-15H,3-5,8,10-11,20H2,1-2H3,(H,21,23). The van der Waals surface area contributed by atoms with E-state index in [0.29, 0.717) is 18.0 Å². The molecule has 2 amide bonds. The summed E-state index contributed by atoms with van der Waals surface area (Å²) in [6, 6.07) is 5.46. The fourth-order valence-corrected chi connectivity index (χ4v) is 3.29. The number of nitrogens with one attached hydrogen (secondary N) is 1. The molecule has 26 heavy (non-hydrogen) atoms. The van der Waals surface area contributed by atoms with Crippen molar-refractivity contribution in [2.45, 2.75) is 51.4 Å². The second-order valence-electron chi connectivity index (χ2n) is 6.87. The third-order valence-corrected chi connectivity index (χ3v) is 4.91. The summed E-state index contributed by atoms with van der Waals surface area (Å²) in [6.45, 7) is 4.86. The largest absolute Gasteiger partial charge is 0.479 e. The SMILES string of the molecule is CCC(N)c1ccc2c(c1)N(CC(=O)NCC1CCCO1)C(=O)C(C)O2. The van der Waals surface area contributed by atoms with Gasteiger partial charge in [0.1, 0.15) is 12.3 Å². The first-order valence-electron chi connectivity index (χ1n) is 9.25. The number of rotatable bonds is 6. The summed E-state index contributed by atoms with van der Waals surface area (Å²) in [5.41, 5.74) is 7.63. The predicted molar refractivity (Wildman–Crippen MR) is 98.1 cm³/mol. The Morgan fingerprint density at radius 2 is 2.27 bits per heavy atom. The number of hydrogen-bond acceptors (Lipinski definition) is 5. The molecule has 0 saturated carbocycles. The van der Waals surface area contributed by atoms with Gasteiger partial charge in [-0.1, -0.05) is 13.0 Å². The highest BCUT2D eigenvalue weighted by Gasteiger charge is 2.33. The van der Waals surface area contributed by atoms with Gasteiger partial charge in [0.15, 0.2) is 6.10 Å². The van der Waals surface area contributed by atoms with Gasteiger partial charge in [0.2, 0.25) is 5.91 Å². The first kappa shape index (κ1) is 18.7. The molecule has 3 unspecified atom stereocenters. The molecule has 7 nitrogen and oxygen atoms in total. The number of carbonyl (C=O) groups excluding carboxylic acids is 2. The molecule has 3 atom stereocenters. The summed E-state index contributed by atoms with van der Waals surface area (Å²) in [5.74, 6) is 0.155. The molecule has 142 valence electrons. The van der Waals surface area contributed by atoms with Gasteiger partial charge in [0.05, 0.1) is 11.8 Å². The Labute approximate surface area is 153 Å². The van der Waals surface area contributed by atoms with E-state index in [1.54, 1.807) is 6.92 Å². The van der Waals surface area contributed by atoms with Gasteiger partial charge < -0.3 is 20.5 Å². The molecule has 0 spiro atoms. The van der Waals surface area contributed by atoms with Gasteiger partial charge in [-0.05, 0) is 43.9 Å². The Balaban J connectivity index is 1.74. The Kier molecular flexibility index (Phi) is 5.78. The van der Waals surface area contributed by atoms with Crippen molar-refractivity contribution >= 4 is 17.5 Å². The molecular formula is C19H27N3O4. The molecule has 3 N–H and O–H groups in total. The highest BCUT2D eigenvalue weighted by atomic mass is 16.5. The first-order chi connectivity index (χ1) is 12.5. The van der Waals surface area contributed by atoms with Crippen molar-refractivity contribution in [1.82, 2.24) is 5.32 Å². The minimum Gasteiger partial charge on any atom is -0.479 e. The van der Waals surface area contributed by atoms with Crippen molar-refractivity contribution in [2.24, 2.45) is 5.73 Å². The van der Waals surface area contributed by atoms with E-state index in [1.165, 1.54) is 4.90 Å².